The van der Waals surface area contributed by atoms with Crippen LogP contribution in [0, 0.1) is 0 Å². The first-order valence-corrected chi connectivity index (χ1v) is 7.38. The Morgan fingerprint density at radius 3 is 2.45 bits per heavy atom. The van der Waals surface area contributed by atoms with Crippen molar-refractivity contribution >= 4 is 17.5 Å². The summed E-state index contributed by atoms with van der Waals surface area (Å²) in [6.45, 7) is 4.71. The van der Waals surface area contributed by atoms with Gasteiger partial charge in [0.1, 0.15) is 5.75 Å². The minimum Gasteiger partial charge on any atom is -0.484 e. The summed E-state index contributed by atoms with van der Waals surface area (Å²) in [6.07, 6.45) is 1.71. The predicted octanol–water partition coefficient (Wildman–Crippen LogP) is 3.93. The number of halogens is 1. The van der Waals surface area contributed by atoms with Crippen LogP contribution in [0.25, 0.3) is 0 Å². The largest absolute Gasteiger partial charge is 0.484 e. The number of carbonyl (C=O) groups is 1. The summed E-state index contributed by atoms with van der Waals surface area (Å²) in [5, 5.41) is 0.635. The summed E-state index contributed by atoms with van der Waals surface area (Å²) < 4.78 is 5.50. The van der Waals surface area contributed by atoms with Crippen molar-refractivity contribution in [3.63, 3.8) is 0 Å². The molecule has 0 fully saturated rings. The monoisotopic (exact) mass is 315 g/mol. The lowest BCUT2D eigenvalue weighted by Crippen LogP contribution is -2.34. The Kier molecular flexibility index (Phi) is 6.04. The van der Waals surface area contributed by atoms with Crippen LogP contribution in [0.5, 0.6) is 5.75 Å². The summed E-state index contributed by atoms with van der Waals surface area (Å²) in [5.41, 5.74) is 1.07. The molecule has 1 amide bonds. The molecule has 0 atom stereocenters. The summed E-state index contributed by atoms with van der Waals surface area (Å²) >= 11 is 5.81. The van der Waals surface area contributed by atoms with Gasteiger partial charge in [0.15, 0.2) is 6.61 Å². The van der Waals surface area contributed by atoms with Gasteiger partial charge in [-0.3, -0.25) is 4.79 Å². The molecule has 0 radical (unpaired) electrons. The van der Waals surface area contributed by atoms with Gasteiger partial charge in [-0.1, -0.05) is 48.0 Å². The van der Waals surface area contributed by atoms with Gasteiger partial charge in [0.05, 0.1) is 0 Å². The molecule has 2 aromatic rings. The van der Waals surface area contributed by atoms with Gasteiger partial charge in [-0.15, -0.1) is 6.58 Å². The van der Waals surface area contributed by atoms with Crippen LogP contribution in [0.2, 0.25) is 5.02 Å². The van der Waals surface area contributed by atoms with E-state index in [-0.39, 0.29) is 12.5 Å². The summed E-state index contributed by atoms with van der Waals surface area (Å²) in [4.78, 5) is 14.0. The van der Waals surface area contributed by atoms with Gasteiger partial charge in [-0.2, -0.15) is 0 Å². The van der Waals surface area contributed by atoms with Gasteiger partial charge in [-0.05, 0) is 29.8 Å². The minimum absolute atomic E-state index is 0.0116. The van der Waals surface area contributed by atoms with E-state index in [0.717, 1.165) is 5.56 Å². The normalized spacial score (nSPS) is 10.0. The molecule has 0 aliphatic rings. The number of amides is 1. The van der Waals surface area contributed by atoms with Crippen molar-refractivity contribution in [3.8, 4) is 5.75 Å². The lowest BCUT2D eigenvalue weighted by atomic mass is 10.2. The van der Waals surface area contributed by atoms with Gasteiger partial charge in [-0.25, -0.2) is 0 Å². The quantitative estimate of drug-likeness (QED) is 0.724. The maximum absolute atomic E-state index is 12.3. The summed E-state index contributed by atoms with van der Waals surface area (Å²) in [7, 11) is 0. The Morgan fingerprint density at radius 2 is 1.82 bits per heavy atom. The minimum atomic E-state index is -0.0845. The van der Waals surface area contributed by atoms with Gasteiger partial charge in [0, 0.05) is 18.1 Å². The van der Waals surface area contributed by atoms with E-state index in [4.69, 9.17) is 16.3 Å². The first-order chi connectivity index (χ1) is 10.7. The molecule has 22 heavy (non-hydrogen) atoms. The standard InChI is InChI=1S/C18H18ClNO2/c1-2-12-20(13-15-6-4-3-5-7-15)18(21)14-22-17-10-8-16(19)9-11-17/h2-11H,1,12-14H2. The number of carbonyl (C=O) groups excluding carboxylic acids is 1. The highest BCUT2D eigenvalue weighted by Crippen LogP contribution is 2.15. The second-order valence-electron chi connectivity index (χ2n) is 4.79. The molecule has 0 aromatic heterocycles. The molecule has 0 aliphatic carbocycles. The SMILES string of the molecule is C=CCN(Cc1ccccc1)C(=O)COc1ccc(Cl)cc1. The number of ether oxygens (including phenoxy) is 1. The molecule has 0 saturated heterocycles. The van der Waals surface area contributed by atoms with E-state index in [9.17, 15) is 4.79 Å². The average molecular weight is 316 g/mol. The Morgan fingerprint density at radius 1 is 1.14 bits per heavy atom. The molecular weight excluding hydrogens is 298 g/mol. The highest BCUT2D eigenvalue weighted by molar-refractivity contribution is 6.30. The molecule has 3 nitrogen and oxygen atoms in total. The number of benzene rings is 2. The third kappa shape index (κ3) is 4.93. The van der Waals surface area contributed by atoms with Crippen LogP contribution in [-0.2, 0) is 11.3 Å². The maximum Gasteiger partial charge on any atom is 0.261 e. The van der Waals surface area contributed by atoms with Crippen molar-refractivity contribution in [1.29, 1.82) is 0 Å². The molecule has 0 bridgehead atoms. The van der Waals surface area contributed by atoms with Crippen molar-refractivity contribution in [2.45, 2.75) is 6.54 Å². The second-order valence-corrected chi connectivity index (χ2v) is 5.23. The van der Waals surface area contributed by atoms with Crippen LogP contribution in [0.15, 0.2) is 67.3 Å². The molecular formula is C18H18ClNO2. The Balaban J connectivity index is 1.94. The first kappa shape index (κ1) is 16.1. The summed E-state index contributed by atoms with van der Waals surface area (Å²) in [5.74, 6) is 0.537. The number of nitrogens with zero attached hydrogens (tertiary/aromatic N) is 1. The lowest BCUT2D eigenvalue weighted by Gasteiger charge is -2.21. The highest BCUT2D eigenvalue weighted by Gasteiger charge is 2.13. The number of hydrogen-bond donors (Lipinski definition) is 0. The van der Waals surface area contributed by atoms with E-state index in [1.165, 1.54) is 0 Å². The zero-order chi connectivity index (χ0) is 15.8. The van der Waals surface area contributed by atoms with Gasteiger partial charge >= 0.3 is 0 Å². The van der Waals surface area contributed by atoms with E-state index in [1.54, 1.807) is 35.2 Å². The van der Waals surface area contributed by atoms with Crippen LogP contribution in [-0.4, -0.2) is 24.0 Å². The molecule has 0 saturated carbocycles. The van der Waals surface area contributed by atoms with Crippen molar-refractivity contribution in [2.75, 3.05) is 13.2 Å². The van der Waals surface area contributed by atoms with E-state index in [2.05, 4.69) is 6.58 Å². The van der Waals surface area contributed by atoms with Gasteiger partial charge < -0.3 is 9.64 Å². The van der Waals surface area contributed by atoms with Gasteiger partial charge in [0.25, 0.3) is 5.91 Å². The molecule has 0 spiro atoms. The molecule has 2 rings (SSSR count). The Hall–Kier alpha value is -2.26. The topological polar surface area (TPSA) is 29.5 Å². The number of rotatable bonds is 7. The Labute approximate surface area is 135 Å². The van der Waals surface area contributed by atoms with Crippen molar-refractivity contribution in [1.82, 2.24) is 4.90 Å². The maximum atomic E-state index is 12.3. The fourth-order valence-corrected chi connectivity index (χ4v) is 2.11. The Bertz CT molecular complexity index is 611. The smallest absolute Gasteiger partial charge is 0.261 e. The second kappa shape index (κ2) is 8.25. The van der Waals surface area contributed by atoms with Crippen LogP contribution in [0.3, 0.4) is 0 Å². The zero-order valence-corrected chi connectivity index (χ0v) is 13.0. The third-order valence-corrected chi connectivity index (χ3v) is 3.35. The van der Waals surface area contributed by atoms with E-state index >= 15 is 0 Å². The number of hydrogen-bond acceptors (Lipinski definition) is 2. The van der Waals surface area contributed by atoms with Crippen LogP contribution < -0.4 is 4.74 Å². The molecule has 0 heterocycles. The third-order valence-electron chi connectivity index (χ3n) is 3.09. The molecule has 0 aliphatic heterocycles. The predicted molar refractivity (Wildman–Crippen MR) is 89.0 cm³/mol. The van der Waals surface area contributed by atoms with Crippen LogP contribution in [0.4, 0.5) is 0 Å². The molecule has 4 heteroatoms. The van der Waals surface area contributed by atoms with E-state index in [1.807, 2.05) is 30.3 Å². The fraction of sp³-hybridized carbons (Fsp3) is 0.167. The lowest BCUT2D eigenvalue weighted by molar-refractivity contribution is -0.133. The van der Waals surface area contributed by atoms with Crippen molar-refractivity contribution < 1.29 is 9.53 Å². The van der Waals surface area contributed by atoms with Crippen LogP contribution >= 0.6 is 11.6 Å². The van der Waals surface area contributed by atoms with Crippen LogP contribution in [0.1, 0.15) is 5.56 Å². The van der Waals surface area contributed by atoms with Gasteiger partial charge in [0.2, 0.25) is 0 Å². The van der Waals surface area contributed by atoms with Crippen molar-refractivity contribution in [3.05, 3.63) is 77.8 Å². The summed E-state index contributed by atoms with van der Waals surface area (Å²) in [6, 6.07) is 16.8. The average Bonchev–Trinajstić information content (AvgIpc) is 2.54. The van der Waals surface area contributed by atoms with E-state index < -0.39 is 0 Å². The van der Waals surface area contributed by atoms with Crippen molar-refractivity contribution in [2.24, 2.45) is 0 Å². The molecule has 0 N–H and O–H groups in total. The first-order valence-electron chi connectivity index (χ1n) is 7.00. The van der Waals surface area contributed by atoms with E-state index in [0.29, 0.717) is 23.9 Å². The molecule has 0 unspecified atom stereocenters. The fourth-order valence-electron chi connectivity index (χ4n) is 1.98. The zero-order valence-electron chi connectivity index (χ0n) is 12.2. The molecule has 114 valence electrons. The molecule has 2 aromatic carbocycles. The highest BCUT2D eigenvalue weighted by atomic mass is 35.5.